The van der Waals surface area contributed by atoms with Gasteiger partial charge in [-0.05, 0) is 25.7 Å². The second-order valence-electron chi connectivity index (χ2n) is 3.75. The number of hydrogen-bond donors (Lipinski definition) is 0. The zero-order chi connectivity index (χ0) is 9.68. The molecule has 0 fully saturated rings. The first-order valence-electron chi connectivity index (χ1n) is 4.92. The lowest BCUT2D eigenvalue weighted by atomic mass is 9.92. The predicted molar refractivity (Wildman–Crippen MR) is 54.2 cm³/mol. The van der Waals surface area contributed by atoms with Gasteiger partial charge in [-0.2, -0.15) is 0 Å². The van der Waals surface area contributed by atoms with E-state index in [9.17, 15) is 4.79 Å². The fraction of sp³-hybridized carbons (Fsp3) is 0.583. The maximum Gasteiger partial charge on any atom is 0.146 e. The predicted octanol–water partition coefficient (Wildman–Crippen LogP) is 2.72. The van der Waals surface area contributed by atoms with Crippen LogP contribution in [0, 0.1) is 17.8 Å². The van der Waals surface area contributed by atoms with Crippen molar-refractivity contribution in [1.82, 2.24) is 0 Å². The highest BCUT2D eigenvalue weighted by atomic mass is 16.1. The van der Waals surface area contributed by atoms with Crippen molar-refractivity contribution in [2.24, 2.45) is 5.92 Å². The average Bonchev–Trinajstić information content (AvgIpc) is 2.15. The monoisotopic (exact) mass is 176 g/mol. The second kappa shape index (κ2) is 4.87. The van der Waals surface area contributed by atoms with Gasteiger partial charge in [0.25, 0.3) is 0 Å². The van der Waals surface area contributed by atoms with Crippen LogP contribution in [-0.2, 0) is 4.79 Å². The van der Waals surface area contributed by atoms with E-state index < -0.39 is 0 Å². The summed E-state index contributed by atoms with van der Waals surface area (Å²) in [6, 6.07) is 0. The Morgan fingerprint density at radius 1 is 1.31 bits per heavy atom. The molecule has 0 aromatic rings. The van der Waals surface area contributed by atoms with Crippen molar-refractivity contribution in [3.05, 3.63) is 11.1 Å². The van der Waals surface area contributed by atoms with Crippen LogP contribution < -0.4 is 0 Å². The molecule has 1 rings (SSSR count). The largest absolute Gasteiger partial charge is 0.298 e. The Hall–Kier alpha value is -1.03. The van der Waals surface area contributed by atoms with Crippen molar-refractivity contribution >= 4 is 6.29 Å². The molecule has 0 heterocycles. The van der Waals surface area contributed by atoms with Gasteiger partial charge in [0, 0.05) is 17.1 Å². The number of carbonyl (C=O) groups is 1. The summed E-state index contributed by atoms with van der Waals surface area (Å²) >= 11 is 0. The van der Waals surface area contributed by atoms with Gasteiger partial charge in [0.15, 0.2) is 0 Å². The molecule has 0 saturated carbocycles. The fourth-order valence-electron chi connectivity index (χ4n) is 1.43. The van der Waals surface area contributed by atoms with Crippen LogP contribution in [0.25, 0.3) is 0 Å². The fourth-order valence-corrected chi connectivity index (χ4v) is 1.43. The Labute approximate surface area is 80.2 Å². The van der Waals surface area contributed by atoms with Crippen LogP contribution in [0.2, 0.25) is 0 Å². The van der Waals surface area contributed by atoms with Gasteiger partial charge in [-0.3, -0.25) is 4.79 Å². The van der Waals surface area contributed by atoms with Crippen molar-refractivity contribution in [2.75, 3.05) is 0 Å². The van der Waals surface area contributed by atoms with Gasteiger partial charge in [-0.25, -0.2) is 0 Å². The quantitative estimate of drug-likeness (QED) is 0.443. The third-order valence-electron chi connectivity index (χ3n) is 2.16. The smallest absolute Gasteiger partial charge is 0.146 e. The molecule has 1 heteroatoms. The Bertz CT molecular complexity index is 273. The number of allylic oxidation sites excluding steroid dienone is 2. The molecule has 0 bridgehead atoms. The van der Waals surface area contributed by atoms with E-state index in [1.165, 1.54) is 6.42 Å². The maximum atomic E-state index is 10.7. The van der Waals surface area contributed by atoms with Crippen LogP contribution in [-0.4, -0.2) is 6.29 Å². The molecule has 0 saturated heterocycles. The Kier molecular flexibility index (Phi) is 3.76. The number of rotatable bonds is 1. The first kappa shape index (κ1) is 10.1. The van der Waals surface area contributed by atoms with Crippen molar-refractivity contribution in [3.8, 4) is 11.8 Å². The van der Waals surface area contributed by atoms with E-state index in [2.05, 4.69) is 25.7 Å². The van der Waals surface area contributed by atoms with Gasteiger partial charge in [0.1, 0.15) is 6.29 Å². The molecular formula is C12H16O. The lowest BCUT2D eigenvalue weighted by molar-refractivity contribution is -0.105. The van der Waals surface area contributed by atoms with E-state index in [1.54, 1.807) is 0 Å². The highest BCUT2D eigenvalue weighted by molar-refractivity contribution is 5.76. The van der Waals surface area contributed by atoms with Gasteiger partial charge in [0.05, 0.1) is 0 Å². The van der Waals surface area contributed by atoms with Crippen LogP contribution in [0.1, 0.15) is 39.5 Å². The van der Waals surface area contributed by atoms with Crippen LogP contribution >= 0.6 is 0 Å². The zero-order valence-corrected chi connectivity index (χ0v) is 8.39. The second-order valence-corrected chi connectivity index (χ2v) is 3.75. The Morgan fingerprint density at radius 2 is 2.00 bits per heavy atom. The van der Waals surface area contributed by atoms with E-state index in [0.29, 0.717) is 5.92 Å². The summed E-state index contributed by atoms with van der Waals surface area (Å²) in [4.78, 5) is 10.7. The summed E-state index contributed by atoms with van der Waals surface area (Å²) in [7, 11) is 0. The van der Waals surface area contributed by atoms with Crippen LogP contribution in [0.4, 0.5) is 0 Å². The molecule has 1 nitrogen and oxygen atoms in total. The summed E-state index contributed by atoms with van der Waals surface area (Å²) < 4.78 is 0. The highest BCUT2D eigenvalue weighted by Crippen LogP contribution is 2.22. The summed E-state index contributed by atoms with van der Waals surface area (Å²) in [5.41, 5.74) is 2.01. The molecule has 13 heavy (non-hydrogen) atoms. The lowest BCUT2D eigenvalue weighted by Gasteiger charge is -2.11. The number of hydrogen-bond acceptors (Lipinski definition) is 1. The minimum atomic E-state index is 0.391. The van der Waals surface area contributed by atoms with E-state index in [4.69, 9.17) is 0 Å². The summed E-state index contributed by atoms with van der Waals surface area (Å²) in [6.07, 6.45) is 5.21. The van der Waals surface area contributed by atoms with Crippen molar-refractivity contribution in [2.45, 2.75) is 39.5 Å². The molecule has 0 aliphatic heterocycles. The van der Waals surface area contributed by atoms with Gasteiger partial charge in [-0.15, -0.1) is 0 Å². The molecule has 0 atom stereocenters. The van der Waals surface area contributed by atoms with E-state index in [-0.39, 0.29) is 0 Å². The molecule has 0 aromatic carbocycles. The summed E-state index contributed by atoms with van der Waals surface area (Å²) in [5.74, 6) is 6.62. The third kappa shape index (κ3) is 3.06. The first-order chi connectivity index (χ1) is 6.24. The van der Waals surface area contributed by atoms with Gasteiger partial charge < -0.3 is 0 Å². The standard InChI is InChI=1S/C12H16O/c1-10(2)7-8-11-5-3-4-6-12(11)9-13/h9-10H,3-6H2,1-2H3. The molecule has 0 amide bonds. The lowest BCUT2D eigenvalue weighted by Crippen LogP contribution is -1.99. The minimum absolute atomic E-state index is 0.391. The zero-order valence-electron chi connectivity index (χ0n) is 8.39. The SMILES string of the molecule is CC(C)C#CC1=C(C=O)CCCC1. The molecule has 0 spiro atoms. The van der Waals surface area contributed by atoms with Gasteiger partial charge >= 0.3 is 0 Å². The van der Waals surface area contributed by atoms with E-state index in [1.807, 2.05) is 0 Å². The van der Waals surface area contributed by atoms with Crippen molar-refractivity contribution in [1.29, 1.82) is 0 Å². The average molecular weight is 176 g/mol. The molecule has 0 N–H and O–H groups in total. The van der Waals surface area contributed by atoms with Crippen LogP contribution in [0.15, 0.2) is 11.1 Å². The van der Waals surface area contributed by atoms with Crippen molar-refractivity contribution < 1.29 is 4.79 Å². The normalized spacial score (nSPS) is 16.8. The molecule has 1 aliphatic rings. The third-order valence-corrected chi connectivity index (χ3v) is 2.16. The van der Waals surface area contributed by atoms with E-state index >= 15 is 0 Å². The molecule has 1 aliphatic carbocycles. The van der Waals surface area contributed by atoms with E-state index in [0.717, 1.165) is 36.7 Å². The molecule has 70 valence electrons. The summed E-state index contributed by atoms with van der Waals surface area (Å²) in [5, 5.41) is 0. The maximum absolute atomic E-state index is 10.7. The van der Waals surface area contributed by atoms with Gasteiger partial charge in [0.2, 0.25) is 0 Å². The molecule has 0 aromatic heterocycles. The minimum Gasteiger partial charge on any atom is -0.298 e. The summed E-state index contributed by atoms with van der Waals surface area (Å²) in [6.45, 7) is 4.13. The van der Waals surface area contributed by atoms with Crippen LogP contribution in [0.3, 0.4) is 0 Å². The first-order valence-corrected chi connectivity index (χ1v) is 4.92. The topological polar surface area (TPSA) is 17.1 Å². The highest BCUT2D eigenvalue weighted by Gasteiger charge is 2.09. The molecule has 0 unspecified atom stereocenters. The van der Waals surface area contributed by atoms with Crippen LogP contribution in [0.5, 0.6) is 0 Å². The van der Waals surface area contributed by atoms with Crippen molar-refractivity contribution in [3.63, 3.8) is 0 Å². The number of carbonyl (C=O) groups excluding carboxylic acids is 1. The number of aldehydes is 1. The molecule has 0 radical (unpaired) electrons. The Morgan fingerprint density at radius 3 is 2.62 bits per heavy atom. The molecular weight excluding hydrogens is 160 g/mol. The van der Waals surface area contributed by atoms with Gasteiger partial charge in [-0.1, -0.05) is 25.7 Å². The Balaban J connectivity index is 2.81.